The fourth-order valence-electron chi connectivity index (χ4n) is 6.76. The first-order valence-electron chi connectivity index (χ1n) is 17.0. The minimum Gasteiger partial charge on any atom is -0.615 e. The van der Waals surface area contributed by atoms with Crippen LogP contribution in [0.1, 0.15) is 80.1 Å². The van der Waals surface area contributed by atoms with E-state index in [2.05, 4.69) is 27.0 Å². The van der Waals surface area contributed by atoms with Crippen molar-refractivity contribution in [3.05, 3.63) is 75.1 Å². The molecular weight excluding hydrogens is 725 g/mol. The lowest BCUT2D eigenvalue weighted by atomic mass is 9.88. The van der Waals surface area contributed by atoms with Crippen LogP contribution in [0.2, 0.25) is 5.02 Å². The highest BCUT2D eigenvalue weighted by Gasteiger charge is 2.43. The van der Waals surface area contributed by atoms with Crippen molar-refractivity contribution in [3.8, 4) is 23.0 Å². The van der Waals surface area contributed by atoms with Crippen molar-refractivity contribution in [1.29, 1.82) is 0 Å². The number of hydrogen-bond donors (Lipinski definition) is 2. The summed E-state index contributed by atoms with van der Waals surface area (Å²) in [6.07, 6.45) is 1.39. The van der Waals surface area contributed by atoms with E-state index in [9.17, 15) is 26.5 Å². The van der Waals surface area contributed by atoms with Gasteiger partial charge < -0.3 is 14.6 Å². The number of alkyl halides is 3. The minimum atomic E-state index is -4.58. The molecule has 2 aromatic heterocycles. The van der Waals surface area contributed by atoms with Crippen LogP contribution in [0.5, 0.6) is 0 Å². The van der Waals surface area contributed by atoms with Gasteiger partial charge in [-0.15, -0.1) is 0 Å². The number of benzene rings is 2. The van der Waals surface area contributed by atoms with Gasteiger partial charge in [0, 0.05) is 22.4 Å². The van der Waals surface area contributed by atoms with Crippen LogP contribution < -0.4 is 10.0 Å². The van der Waals surface area contributed by atoms with Gasteiger partial charge in [0.25, 0.3) is 0 Å². The molecule has 2 heterocycles. The number of anilines is 1. The van der Waals surface area contributed by atoms with Crippen molar-refractivity contribution in [2.24, 2.45) is 0 Å². The molecule has 14 heteroatoms. The highest BCUT2D eigenvalue weighted by atomic mass is 35.5. The Balaban J connectivity index is 1.46. The normalized spacial score (nSPS) is 17.3. The van der Waals surface area contributed by atoms with Crippen LogP contribution in [0.4, 0.5) is 27.8 Å². The number of halogens is 6. The second-order valence-electron chi connectivity index (χ2n) is 14.0. The molecule has 2 saturated carbocycles. The molecule has 0 spiro atoms. The molecule has 0 bridgehead atoms. The van der Waals surface area contributed by atoms with E-state index < -0.39 is 46.3 Å². The first kappa shape index (κ1) is 36.3. The molecule has 6 nitrogen and oxygen atoms in total. The maximum absolute atomic E-state index is 14.4. The van der Waals surface area contributed by atoms with Gasteiger partial charge in [-0.05, 0) is 142 Å². The number of nitrogens with one attached hydrogen (secondary N) is 2. The second-order valence-corrected chi connectivity index (χ2v) is 17.8. The molecule has 7 rings (SSSR count). The molecule has 2 unspecified atom stereocenters. The molecule has 2 atom stereocenters. The molecule has 3 aliphatic carbocycles. The first-order chi connectivity index (χ1) is 24.2. The molecule has 2 fully saturated rings. The summed E-state index contributed by atoms with van der Waals surface area (Å²) < 4.78 is 87.7. The van der Waals surface area contributed by atoms with E-state index >= 15 is 0 Å². The van der Waals surface area contributed by atoms with Gasteiger partial charge in [0.1, 0.15) is 29.1 Å². The van der Waals surface area contributed by atoms with Crippen LogP contribution in [-0.4, -0.2) is 47.8 Å². The third-order valence-electron chi connectivity index (χ3n) is 9.43. The molecule has 51 heavy (non-hydrogen) atoms. The summed E-state index contributed by atoms with van der Waals surface area (Å²) in [5, 5.41) is 8.76. The molecule has 2 aromatic carbocycles. The van der Waals surface area contributed by atoms with Crippen LogP contribution in [0, 0.1) is 23.5 Å². The Morgan fingerprint density at radius 2 is 1.78 bits per heavy atom. The van der Waals surface area contributed by atoms with Gasteiger partial charge in [-0.2, -0.15) is 18.3 Å². The number of fused-ring (bicyclic) bond motifs is 2. The Labute approximate surface area is 306 Å². The zero-order valence-electron chi connectivity index (χ0n) is 28.3. The SMILES string of the molecule is CNC(Cc1cc(F)cc(F)c1)c1nc(C#CC(C)(C)[S+]([O-])C2CC2)c2c(c1-c1ccc(Cl)c3c(NSC4CC4)nn(CC(F)(F)F)c13)CCC2. The highest BCUT2D eigenvalue weighted by molar-refractivity contribution is 8.01. The third-order valence-corrected chi connectivity index (χ3v) is 13.1. The quantitative estimate of drug-likeness (QED) is 0.0689. The van der Waals surface area contributed by atoms with Crippen molar-refractivity contribution in [2.45, 2.75) is 99.2 Å². The summed E-state index contributed by atoms with van der Waals surface area (Å²) in [5.74, 6) is 5.29. The summed E-state index contributed by atoms with van der Waals surface area (Å²) in [7, 11) is 1.70. The predicted molar refractivity (Wildman–Crippen MR) is 194 cm³/mol. The number of aromatic nitrogens is 3. The zero-order chi connectivity index (χ0) is 36.2. The number of likely N-dealkylation sites (N-methyl/N-ethyl adjacent to an activating group) is 1. The van der Waals surface area contributed by atoms with Gasteiger partial charge in [0.05, 0.1) is 27.7 Å². The van der Waals surface area contributed by atoms with Gasteiger partial charge in [-0.3, -0.25) is 4.68 Å². The van der Waals surface area contributed by atoms with E-state index in [4.69, 9.17) is 16.6 Å². The lowest BCUT2D eigenvalue weighted by Gasteiger charge is -2.25. The largest absolute Gasteiger partial charge is 0.615 e. The van der Waals surface area contributed by atoms with Crippen LogP contribution >= 0.6 is 23.5 Å². The number of rotatable bonds is 11. The molecule has 3 aliphatic rings. The summed E-state index contributed by atoms with van der Waals surface area (Å²) in [4.78, 5) is 5.14. The van der Waals surface area contributed by atoms with E-state index in [0.29, 0.717) is 51.6 Å². The minimum absolute atomic E-state index is 0.122. The molecule has 2 N–H and O–H groups in total. The predicted octanol–water partition coefficient (Wildman–Crippen LogP) is 8.85. The average molecular weight is 762 g/mol. The second kappa shape index (κ2) is 14.1. The Morgan fingerprint density at radius 3 is 2.43 bits per heavy atom. The Hall–Kier alpha value is -3.02. The number of pyridine rings is 1. The van der Waals surface area contributed by atoms with Gasteiger partial charge >= 0.3 is 6.18 Å². The van der Waals surface area contributed by atoms with Gasteiger partial charge in [-0.1, -0.05) is 17.7 Å². The van der Waals surface area contributed by atoms with Crippen molar-refractivity contribution in [2.75, 3.05) is 11.8 Å². The maximum Gasteiger partial charge on any atom is 0.408 e. The van der Waals surface area contributed by atoms with E-state index in [1.54, 1.807) is 19.2 Å². The molecule has 0 amide bonds. The summed E-state index contributed by atoms with van der Waals surface area (Å²) in [6.45, 7) is 2.38. The Kier molecular flexibility index (Phi) is 10.0. The van der Waals surface area contributed by atoms with Crippen molar-refractivity contribution < 1.29 is 26.5 Å². The smallest absolute Gasteiger partial charge is 0.408 e. The van der Waals surface area contributed by atoms with Crippen LogP contribution in [0.25, 0.3) is 22.0 Å². The van der Waals surface area contributed by atoms with E-state index in [0.717, 1.165) is 54.0 Å². The molecule has 270 valence electrons. The topological polar surface area (TPSA) is 77.8 Å². The van der Waals surface area contributed by atoms with E-state index in [1.165, 1.54) is 24.1 Å². The molecule has 0 saturated heterocycles. The number of nitrogens with zero attached hydrogens (tertiary/aromatic N) is 3. The standard InChI is InChI=1S/C37H37ClF5N5OS2/c1-36(2,51(49)24-9-10-24)14-13-29-25-5-4-6-26(25)31(33(45-29)30(44-3)17-20-15-21(39)18-22(40)16-20)27-11-12-28(38)32-34(27)48(19-37(41,42)43)46-35(32)47-50-23-7-8-23/h11-12,15-16,18,23-24,30,44H,4-10,17,19H2,1-3H3,(H,46,47). The van der Waals surface area contributed by atoms with Crippen LogP contribution in [-0.2, 0) is 37.0 Å². The summed E-state index contributed by atoms with van der Waals surface area (Å²) in [5.41, 5.74) is 4.43. The van der Waals surface area contributed by atoms with Crippen LogP contribution in [0.3, 0.4) is 0 Å². The Morgan fingerprint density at radius 1 is 1.08 bits per heavy atom. The Bertz CT molecular complexity index is 2030. The fraction of sp³-hybridized carbons (Fsp3) is 0.459. The van der Waals surface area contributed by atoms with Gasteiger partial charge in [0.2, 0.25) is 0 Å². The summed E-state index contributed by atoms with van der Waals surface area (Å²) in [6, 6.07) is 6.05. The van der Waals surface area contributed by atoms with Crippen molar-refractivity contribution in [3.63, 3.8) is 0 Å². The number of hydrogen-bond acceptors (Lipinski definition) is 6. The van der Waals surface area contributed by atoms with Gasteiger partial charge in [-0.25, -0.2) is 13.8 Å². The highest BCUT2D eigenvalue weighted by Crippen LogP contribution is 2.46. The van der Waals surface area contributed by atoms with E-state index in [-0.39, 0.29) is 28.0 Å². The third kappa shape index (κ3) is 7.86. The molecular formula is C37H37ClF5N5OS2. The van der Waals surface area contributed by atoms with E-state index in [1.807, 2.05) is 13.8 Å². The summed E-state index contributed by atoms with van der Waals surface area (Å²) >= 11 is 7.02. The van der Waals surface area contributed by atoms with Crippen LogP contribution in [0.15, 0.2) is 30.3 Å². The van der Waals surface area contributed by atoms with Crippen molar-refractivity contribution >= 4 is 51.4 Å². The molecule has 4 aromatic rings. The van der Waals surface area contributed by atoms with Crippen molar-refractivity contribution in [1.82, 2.24) is 20.1 Å². The molecule has 0 radical (unpaired) electrons. The van der Waals surface area contributed by atoms with Gasteiger partial charge in [0.15, 0.2) is 10.6 Å². The maximum atomic E-state index is 14.4. The molecule has 0 aliphatic heterocycles. The lowest BCUT2D eigenvalue weighted by molar-refractivity contribution is -0.141. The lowest BCUT2D eigenvalue weighted by Crippen LogP contribution is -2.33. The fourth-order valence-corrected chi connectivity index (χ4v) is 9.34. The first-order valence-corrected chi connectivity index (χ1v) is 19.5. The average Bonchev–Trinajstić information content (AvgIpc) is 3.99. The monoisotopic (exact) mass is 761 g/mol. The zero-order valence-corrected chi connectivity index (χ0v) is 30.7.